The summed E-state index contributed by atoms with van der Waals surface area (Å²) in [5.41, 5.74) is 0. The van der Waals surface area contributed by atoms with Crippen molar-refractivity contribution >= 4 is 0 Å². The fourth-order valence-corrected chi connectivity index (χ4v) is 2.98. The van der Waals surface area contributed by atoms with Gasteiger partial charge < -0.3 is 10.4 Å². The van der Waals surface area contributed by atoms with Gasteiger partial charge >= 0.3 is 0 Å². The van der Waals surface area contributed by atoms with Gasteiger partial charge in [0.2, 0.25) is 0 Å². The molecule has 2 fully saturated rings. The maximum atomic E-state index is 9.84. The standard InChI is InChI=1S/C11H22N2O/c1-3-9-4-8(2)7-13(9)10-5-12-6-11(10)14/h8-12,14H,3-7H2,1-2H3/t8?,9?,10-,11-/m1/s1. The molecule has 0 aliphatic carbocycles. The molecule has 2 aliphatic heterocycles. The van der Waals surface area contributed by atoms with Crippen LogP contribution in [0.3, 0.4) is 0 Å². The van der Waals surface area contributed by atoms with E-state index in [1.54, 1.807) is 0 Å². The predicted octanol–water partition coefficient (Wildman–Crippen LogP) is 0.439. The smallest absolute Gasteiger partial charge is 0.0831 e. The van der Waals surface area contributed by atoms with Gasteiger partial charge in [-0.25, -0.2) is 0 Å². The molecule has 0 aromatic carbocycles. The summed E-state index contributed by atoms with van der Waals surface area (Å²) in [5, 5.41) is 13.1. The molecule has 82 valence electrons. The van der Waals surface area contributed by atoms with Crippen LogP contribution in [-0.4, -0.2) is 47.8 Å². The van der Waals surface area contributed by atoms with E-state index in [9.17, 15) is 5.11 Å². The third kappa shape index (κ3) is 1.81. The van der Waals surface area contributed by atoms with E-state index < -0.39 is 0 Å². The second kappa shape index (κ2) is 4.17. The molecule has 0 bridgehead atoms. The lowest BCUT2D eigenvalue weighted by Gasteiger charge is -2.31. The molecule has 2 saturated heterocycles. The van der Waals surface area contributed by atoms with E-state index >= 15 is 0 Å². The molecular formula is C11H22N2O. The van der Waals surface area contributed by atoms with Gasteiger partial charge in [-0.05, 0) is 18.8 Å². The lowest BCUT2D eigenvalue weighted by atomic mass is 10.1. The third-order valence-corrected chi connectivity index (χ3v) is 3.71. The van der Waals surface area contributed by atoms with Crippen molar-refractivity contribution in [2.24, 2.45) is 5.92 Å². The third-order valence-electron chi connectivity index (χ3n) is 3.71. The summed E-state index contributed by atoms with van der Waals surface area (Å²) in [5.74, 6) is 0.799. The molecule has 3 heteroatoms. The Balaban J connectivity index is 2.01. The first-order valence-corrected chi connectivity index (χ1v) is 5.87. The minimum Gasteiger partial charge on any atom is -0.390 e. The fourth-order valence-electron chi connectivity index (χ4n) is 2.98. The van der Waals surface area contributed by atoms with E-state index in [1.165, 1.54) is 19.4 Å². The molecular weight excluding hydrogens is 176 g/mol. The lowest BCUT2D eigenvalue weighted by Crippen LogP contribution is -2.45. The van der Waals surface area contributed by atoms with Crippen LogP contribution in [0, 0.1) is 5.92 Å². The molecule has 2 unspecified atom stereocenters. The highest BCUT2D eigenvalue weighted by atomic mass is 16.3. The molecule has 0 saturated carbocycles. The van der Waals surface area contributed by atoms with Crippen LogP contribution in [0.2, 0.25) is 0 Å². The van der Waals surface area contributed by atoms with E-state index in [-0.39, 0.29) is 6.10 Å². The highest BCUT2D eigenvalue weighted by molar-refractivity contribution is 4.95. The SMILES string of the molecule is CCC1CC(C)CN1[C@@H]1CNC[C@H]1O. The zero-order chi connectivity index (χ0) is 10.1. The van der Waals surface area contributed by atoms with E-state index in [4.69, 9.17) is 0 Å². The van der Waals surface area contributed by atoms with Gasteiger partial charge in [0.25, 0.3) is 0 Å². The number of β-amino-alcohol motifs (C(OH)–C–C–N with tert-alkyl or cyclic N) is 1. The van der Waals surface area contributed by atoms with Crippen molar-refractivity contribution in [2.45, 2.75) is 44.9 Å². The van der Waals surface area contributed by atoms with E-state index in [0.717, 1.165) is 19.0 Å². The Morgan fingerprint density at radius 1 is 1.43 bits per heavy atom. The predicted molar refractivity (Wildman–Crippen MR) is 57.2 cm³/mol. The van der Waals surface area contributed by atoms with E-state index in [1.807, 2.05) is 0 Å². The first-order valence-electron chi connectivity index (χ1n) is 5.87. The molecule has 2 N–H and O–H groups in total. The van der Waals surface area contributed by atoms with Crippen LogP contribution in [0.4, 0.5) is 0 Å². The molecule has 14 heavy (non-hydrogen) atoms. The number of hydrogen-bond acceptors (Lipinski definition) is 3. The molecule has 4 atom stereocenters. The second-order valence-electron chi connectivity index (χ2n) is 4.89. The van der Waals surface area contributed by atoms with Crippen molar-refractivity contribution in [3.63, 3.8) is 0 Å². The van der Waals surface area contributed by atoms with Crippen LogP contribution in [0.15, 0.2) is 0 Å². The van der Waals surface area contributed by atoms with Gasteiger partial charge in [-0.2, -0.15) is 0 Å². The zero-order valence-electron chi connectivity index (χ0n) is 9.24. The van der Waals surface area contributed by atoms with Gasteiger partial charge in [0, 0.05) is 31.7 Å². The van der Waals surface area contributed by atoms with Crippen LogP contribution in [0.5, 0.6) is 0 Å². The Labute approximate surface area is 86.5 Å². The number of rotatable bonds is 2. The van der Waals surface area contributed by atoms with Gasteiger partial charge in [-0.3, -0.25) is 4.90 Å². The van der Waals surface area contributed by atoms with Crippen molar-refractivity contribution in [3.05, 3.63) is 0 Å². The number of aliphatic hydroxyl groups is 1. The second-order valence-corrected chi connectivity index (χ2v) is 4.89. The number of hydrogen-bond donors (Lipinski definition) is 2. The molecule has 2 aliphatic rings. The van der Waals surface area contributed by atoms with Crippen LogP contribution >= 0.6 is 0 Å². The topological polar surface area (TPSA) is 35.5 Å². The van der Waals surface area contributed by atoms with Crippen molar-refractivity contribution in [1.29, 1.82) is 0 Å². The van der Waals surface area contributed by atoms with Gasteiger partial charge in [-0.1, -0.05) is 13.8 Å². The first kappa shape index (κ1) is 10.4. The molecule has 2 rings (SSSR count). The number of nitrogens with one attached hydrogen (secondary N) is 1. The molecule has 0 spiro atoms. The van der Waals surface area contributed by atoms with Gasteiger partial charge in [0.15, 0.2) is 0 Å². The minimum atomic E-state index is -0.158. The molecule has 0 amide bonds. The number of aliphatic hydroxyl groups excluding tert-OH is 1. The molecule has 0 aromatic heterocycles. The lowest BCUT2D eigenvalue weighted by molar-refractivity contribution is 0.0727. The summed E-state index contributed by atoms with van der Waals surface area (Å²) < 4.78 is 0. The maximum absolute atomic E-state index is 9.84. The fraction of sp³-hybridized carbons (Fsp3) is 1.00. The number of nitrogens with zero attached hydrogens (tertiary/aromatic N) is 1. The van der Waals surface area contributed by atoms with Crippen molar-refractivity contribution in [3.8, 4) is 0 Å². The monoisotopic (exact) mass is 198 g/mol. The van der Waals surface area contributed by atoms with Crippen LogP contribution in [0.25, 0.3) is 0 Å². The highest BCUT2D eigenvalue weighted by Crippen LogP contribution is 2.28. The molecule has 0 radical (unpaired) electrons. The van der Waals surface area contributed by atoms with Crippen LogP contribution in [0.1, 0.15) is 26.7 Å². The summed E-state index contributed by atoms with van der Waals surface area (Å²) in [6.45, 7) is 7.47. The summed E-state index contributed by atoms with van der Waals surface area (Å²) in [4.78, 5) is 2.52. The van der Waals surface area contributed by atoms with Gasteiger partial charge in [-0.15, -0.1) is 0 Å². The van der Waals surface area contributed by atoms with E-state index in [0.29, 0.717) is 12.1 Å². The number of likely N-dealkylation sites (tertiary alicyclic amines) is 1. The Kier molecular flexibility index (Phi) is 3.10. The van der Waals surface area contributed by atoms with Gasteiger partial charge in [0.1, 0.15) is 0 Å². The Morgan fingerprint density at radius 2 is 2.21 bits per heavy atom. The average Bonchev–Trinajstić information content (AvgIpc) is 2.71. The summed E-state index contributed by atoms with van der Waals surface area (Å²) in [6.07, 6.45) is 2.36. The minimum absolute atomic E-state index is 0.158. The summed E-state index contributed by atoms with van der Waals surface area (Å²) >= 11 is 0. The zero-order valence-corrected chi connectivity index (χ0v) is 9.24. The van der Waals surface area contributed by atoms with Crippen molar-refractivity contribution in [1.82, 2.24) is 10.2 Å². The Hall–Kier alpha value is -0.120. The molecule has 3 nitrogen and oxygen atoms in total. The maximum Gasteiger partial charge on any atom is 0.0831 e. The molecule has 0 aromatic rings. The van der Waals surface area contributed by atoms with Gasteiger partial charge in [0.05, 0.1) is 6.10 Å². The Bertz CT molecular complexity index is 198. The normalized spacial score (nSPS) is 44.8. The molecule has 2 heterocycles. The average molecular weight is 198 g/mol. The van der Waals surface area contributed by atoms with Crippen molar-refractivity contribution in [2.75, 3.05) is 19.6 Å². The first-order chi connectivity index (χ1) is 6.72. The Morgan fingerprint density at radius 3 is 2.79 bits per heavy atom. The van der Waals surface area contributed by atoms with Crippen LogP contribution < -0.4 is 5.32 Å². The summed E-state index contributed by atoms with van der Waals surface area (Å²) in [6, 6.07) is 1.06. The van der Waals surface area contributed by atoms with Crippen LogP contribution in [-0.2, 0) is 0 Å². The van der Waals surface area contributed by atoms with E-state index in [2.05, 4.69) is 24.1 Å². The largest absolute Gasteiger partial charge is 0.390 e. The highest BCUT2D eigenvalue weighted by Gasteiger charge is 2.38. The summed E-state index contributed by atoms with van der Waals surface area (Å²) in [7, 11) is 0. The quantitative estimate of drug-likeness (QED) is 0.676. The van der Waals surface area contributed by atoms with Crippen molar-refractivity contribution < 1.29 is 5.11 Å².